The van der Waals surface area contributed by atoms with Gasteiger partial charge in [0.2, 0.25) is 0 Å². The summed E-state index contributed by atoms with van der Waals surface area (Å²) >= 11 is 0. The van der Waals surface area contributed by atoms with Crippen LogP contribution in [0.4, 0.5) is 4.39 Å². The first-order chi connectivity index (χ1) is 9.11. The molecule has 20 heavy (non-hydrogen) atoms. The second kappa shape index (κ2) is 6.00. The van der Waals surface area contributed by atoms with Crippen molar-refractivity contribution in [3.8, 4) is 0 Å². The van der Waals surface area contributed by atoms with E-state index in [0.717, 1.165) is 12.1 Å². The zero-order valence-electron chi connectivity index (χ0n) is 11.6. The fraction of sp³-hybridized carbons (Fsp3) is 0.429. The van der Waals surface area contributed by atoms with Crippen molar-refractivity contribution in [2.45, 2.75) is 32.4 Å². The lowest BCUT2D eigenvalue weighted by Crippen LogP contribution is -2.39. The van der Waals surface area contributed by atoms with Gasteiger partial charge in [0.05, 0.1) is 6.04 Å². The molecule has 5 nitrogen and oxygen atoms in total. The van der Waals surface area contributed by atoms with Crippen LogP contribution in [0.1, 0.15) is 32.4 Å². The minimum absolute atomic E-state index is 0.352. The topological polar surface area (TPSA) is 89.6 Å². The Kier molecular flexibility index (Phi) is 4.83. The highest BCUT2D eigenvalue weighted by Crippen LogP contribution is 2.23. The quantitative estimate of drug-likeness (QED) is 0.650. The van der Waals surface area contributed by atoms with Gasteiger partial charge in [-0.3, -0.25) is 9.59 Å². The van der Waals surface area contributed by atoms with Crippen LogP contribution in [0.5, 0.6) is 0 Å². The third-order valence-corrected chi connectivity index (χ3v) is 2.54. The zero-order chi connectivity index (χ0) is 15.5. The molecule has 0 aliphatic carbocycles. The van der Waals surface area contributed by atoms with Gasteiger partial charge in [0, 0.05) is 0 Å². The van der Waals surface area contributed by atoms with Gasteiger partial charge in [-0.15, -0.1) is 0 Å². The second-order valence-electron chi connectivity index (χ2n) is 5.43. The van der Waals surface area contributed by atoms with Gasteiger partial charge in [0.15, 0.2) is 5.92 Å². The summed E-state index contributed by atoms with van der Waals surface area (Å²) in [5.41, 5.74) is 5.35. The Morgan fingerprint density at radius 2 is 1.75 bits per heavy atom. The number of esters is 1. The number of hydrogen-bond donors (Lipinski definition) is 2. The van der Waals surface area contributed by atoms with E-state index in [2.05, 4.69) is 0 Å². The Morgan fingerprint density at radius 3 is 2.15 bits per heavy atom. The molecule has 0 fully saturated rings. The lowest BCUT2D eigenvalue weighted by Gasteiger charge is -2.25. The number of carboxylic acid groups (broad SMARTS) is 1. The first-order valence-corrected chi connectivity index (χ1v) is 6.08. The van der Waals surface area contributed by atoms with Crippen LogP contribution in [0.2, 0.25) is 0 Å². The summed E-state index contributed by atoms with van der Waals surface area (Å²) in [6.45, 7) is 4.90. The minimum atomic E-state index is -1.54. The molecular formula is C14H18FNO4. The van der Waals surface area contributed by atoms with Crippen molar-refractivity contribution in [3.05, 3.63) is 35.6 Å². The molecule has 3 N–H and O–H groups in total. The number of rotatable bonds is 4. The molecule has 0 saturated carbocycles. The van der Waals surface area contributed by atoms with E-state index in [9.17, 15) is 19.1 Å². The number of hydrogen-bond acceptors (Lipinski definition) is 4. The molecule has 0 aliphatic heterocycles. The fourth-order valence-corrected chi connectivity index (χ4v) is 1.64. The van der Waals surface area contributed by atoms with Gasteiger partial charge in [0.1, 0.15) is 11.4 Å². The van der Waals surface area contributed by atoms with E-state index < -0.39 is 35.3 Å². The lowest BCUT2D eigenvalue weighted by atomic mass is 9.93. The molecule has 0 spiro atoms. The zero-order valence-corrected chi connectivity index (χ0v) is 11.6. The number of carboxylic acids is 1. The van der Waals surface area contributed by atoms with Crippen LogP contribution in [-0.4, -0.2) is 22.6 Å². The molecule has 1 aromatic carbocycles. The van der Waals surface area contributed by atoms with Gasteiger partial charge in [0.25, 0.3) is 0 Å². The highest BCUT2D eigenvalue weighted by atomic mass is 19.1. The molecule has 2 atom stereocenters. The largest absolute Gasteiger partial charge is 0.481 e. The second-order valence-corrected chi connectivity index (χ2v) is 5.43. The summed E-state index contributed by atoms with van der Waals surface area (Å²) in [7, 11) is 0. The van der Waals surface area contributed by atoms with Gasteiger partial charge in [-0.1, -0.05) is 12.1 Å². The molecule has 1 aromatic rings. The number of carbonyl (C=O) groups excluding carboxylic acids is 1. The molecule has 0 bridgehead atoms. The van der Waals surface area contributed by atoms with Crippen molar-refractivity contribution in [2.75, 3.05) is 0 Å². The van der Waals surface area contributed by atoms with Crippen LogP contribution in [0.25, 0.3) is 0 Å². The number of nitrogens with two attached hydrogens (primary N) is 1. The number of carbonyl (C=O) groups is 2. The Balaban J connectivity index is 2.99. The SMILES string of the molecule is CC(C)(C)OC(=O)[C@H](C(=O)O)C(N)c1ccc(F)cc1. The number of benzene rings is 1. The van der Waals surface area contributed by atoms with Gasteiger partial charge in [-0.2, -0.15) is 0 Å². The van der Waals surface area contributed by atoms with E-state index in [-0.39, 0.29) is 0 Å². The summed E-state index contributed by atoms with van der Waals surface area (Å²) in [6, 6.07) is 3.90. The molecule has 0 heterocycles. The average molecular weight is 283 g/mol. The summed E-state index contributed by atoms with van der Waals surface area (Å²) in [5, 5.41) is 9.17. The lowest BCUT2D eigenvalue weighted by molar-refractivity contribution is -0.167. The van der Waals surface area contributed by atoms with Crippen LogP contribution in [0.3, 0.4) is 0 Å². The predicted octanol–water partition coefficient (Wildman–Crippen LogP) is 1.87. The average Bonchev–Trinajstić information content (AvgIpc) is 2.26. The van der Waals surface area contributed by atoms with E-state index in [1.165, 1.54) is 12.1 Å². The Bertz CT molecular complexity index is 493. The monoisotopic (exact) mass is 283 g/mol. The molecule has 0 aliphatic rings. The molecule has 1 rings (SSSR count). The summed E-state index contributed by atoms with van der Waals surface area (Å²) in [4.78, 5) is 23.2. The third kappa shape index (κ3) is 4.31. The first kappa shape index (κ1) is 16.1. The normalized spacial score (nSPS) is 14.4. The molecule has 0 saturated heterocycles. The van der Waals surface area contributed by atoms with Crippen molar-refractivity contribution in [1.29, 1.82) is 0 Å². The van der Waals surface area contributed by atoms with Crippen LogP contribution in [0, 0.1) is 11.7 Å². The van der Waals surface area contributed by atoms with Crippen LogP contribution < -0.4 is 5.73 Å². The van der Waals surface area contributed by atoms with Crippen molar-refractivity contribution in [3.63, 3.8) is 0 Å². The molecule has 0 radical (unpaired) electrons. The number of halogens is 1. The number of ether oxygens (including phenoxy) is 1. The molecule has 110 valence electrons. The van der Waals surface area contributed by atoms with E-state index in [4.69, 9.17) is 10.5 Å². The van der Waals surface area contributed by atoms with Crippen molar-refractivity contribution >= 4 is 11.9 Å². The standard InChI is InChI=1S/C14H18FNO4/c1-14(2,3)20-13(19)10(12(17)18)11(16)8-4-6-9(15)7-5-8/h4-7,10-11H,16H2,1-3H3,(H,17,18)/t10-,11?/m0/s1. The molecular weight excluding hydrogens is 265 g/mol. The van der Waals surface area contributed by atoms with E-state index in [0.29, 0.717) is 5.56 Å². The van der Waals surface area contributed by atoms with Crippen molar-refractivity contribution in [1.82, 2.24) is 0 Å². The summed E-state index contributed by atoms with van der Waals surface area (Å²) in [6.07, 6.45) is 0. The van der Waals surface area contributed by atoms with Crippen LogP contribution in [0.15, 0.2) is 24.3 Å². The summed E-state index contributed by atoms with van der Waals surface area (Å²) in [5.74, 6) is -4.30. The van der Waals surface area contributed by atoms with Gasteiger partial charge >= 0.3 is 11.9 Å². The Morgan fingerprint density at radius 1 is 1.25 bits per heavy atom. The minimum Gasteiger partial charge on any atom is -0.481 e. The van der Waals surface area contributed by atoms with Gasteiger partial charge in [-0.05, 0) is 38.5 Å². The molecule has 1 unspecified atom stereocenters. The smallest absolute Gasteiger partial charge is 0.322 e. The van der Waals surface area contributed by atoms with E-state index in [1.54, 1.807) is 20.8 Å². The molecule has 0 amide bonds. The molecule has 0 aromatic heterocycles. The van der Waals surface area contributed by atoms with Crippen LogP contribution in [-0.2, 0) is 14.3 Å². The maximum Gasteiger partial charge on any atom is 0.322 e. The van der Waals surface area contributed by atoms with E-state index in [1.807, 2.05) is 0 Å². The highest BCUT2D eigenvalue weighted by molar-refractivity contribution is 5.95. The first-order valence-electron chi connectivity index (χ1n) is 6.08. The highest BCUT2D eigenvalue weighted by Gasteiger charge is 2.37. The predicted molar refractivity (Wildman–Crippen MR) is 70.3 cm³/mol. The summed E-state index contributed by atoms with van der Waals surface area (Å²) < 4.78 is 17.9. The van der Waals surface area contributed by atoms with Crippen molar-refractivity contribution < 1.29 is 23.8 Å². The maximum atomic E-state index is 12.8. The van der Waals surface area contributed by atoms with Crippen LogP contribution >= 0.6 is 0 Å². The van der Waals surface area contributed by atoms with Crippen molar-refractivity contribution in [2.24, 2.45) is 11.7 Å². The maximum absolute atomic E-state index is 12.8. The van der Waals surface area contributed by atoms with Gasteiger partial charge < -0.3 is 15.6 Å². The third-order valence-electron chi connectivity index (χ3n) is 2.54. The van der Waals surface area contributed by atoms with E-state index >= 15 is 0 Å². The fourth-order valence-electron chi connectivity index (χ4n) is 1.64. The number of aliphatic carboxylic acids is 1. The molecule has 6 heteroatoms. The van der Waals surface area contributed by atoms with Gasteiger partial charge in [-0.25, -0.2) is 4.39 Å². The Hall–Kier alpha value is -1.95. The Labute approximate surface area is 116 Å².